The predicted molar refractivity (Wildman–Crippen MR) is 102 cm³/mol. The molecule has 3 rings (SSSR count). The Morgan fingerprint density at radius 3 is 2.92 bits per heavy atom. The maximum atomic E-state index is 11.9. The van der Waals surface area contributed by atoms with Crippen molar-refractivity contribution in [3.63, 3.8) is 0 Å². The van der Waals surface area contributed by atoms with Gasteiger partial charge in [0, 0.05) is 23.5 Å². The number of imidazole rings is 1. The summed E-state index contributed by atoms with van der Waals surface area (Å²) in [4.78, 5) is 29.0. The van der Waals surface area contributed by atoms with E-state index in [0.29, 0.717) is 6.54 Å². The van der Waals surface area contributed by atoms with Gasteiger partial charge in [-0.1, -0.05) is 12.1 Å². The first-order valence-corrected chi connectivity index (χ1v) is 9.75. The molecule has 0 spiro atoms. The maximum absolute atomic E-state index is 11.9. The average Bonchev–Trinajstić information content (AvgIpc) is 3.14. The first-order valence-electron chi connectivity index (χ1n) is 7.72. The van der Waals surface area contributed by atoms with Gasteiger partial charge >= 0.3 is 0 Å². The number of carbonyl (C=O) groups excluding carboxylic acids is 2. The highest BCUT2D eigenvalue weighted by Crippen LogP contribution is 2.12. The highest BCUT2D eigenvalue weighted by molar-refractivity contribution is 8.00. The fraction of sp³-hybridized carbons (Fsp3) is 0.235. The Morgan fingerprint density at radius 1 is 1.28 bits per heavy atom. The number of rotatable bonds is 7. The lowest BCUT2D eigenvalue weighted by molar-refractivity contribution is -0.118. The molecule has 2 heterocycles. The molecular formula is C17H18N4O2S2. The Labute approximate surface area is 153 Å². The molecule has 0 saturated carbocycles. The second-order valence-electron chi connectivity index (χ2n) is 5.51. The molecule has 0 aliphatic rings. The number of fused-ring (bicyclic) bond motifs is 1. The van der Waals surface area contributed by atoms with Crippen molar-refractivity contribution in [1.82, 2.24) is 14.7 Å². The van der Waals surface area contributed by atoms with Gasteiger partial charge < -0.3 is 10.6 Å². The molecule has 25 heavy (non-hydrogen) atoms. The second-order valence-corrected chi connectivity index (χ2v) is 7.37. The Morgan fingerprint density at radius 2 is 2.12 bits per heavy atom. The number of aryl methyl sites for hydroxylation is 1. The van der Waals surface area contributed by atoms with Crippen molar-refractivity contribution in [1.29, 1.82) is 0 Å². The van der Waals surface area contributed by atoms with E-state index in [-0.39, 0.29) is 23.3 Å². The summed E-state index contributed by atoms with van der Waals surface area (Å²) in [6.07, 6.45) is 3.83. The molecule has 130 valence electrons. The number of aromatic nitrogens is 2. The molecule has 6 nitrogen and oxygen atoms in total. The molecule has 2 N–H and O–H groups in total. The van der Waals surface area contributed by atoms with E-state index < -0.39 is 0 Å². The van der Waals surface area contributed by atoms with Gasteiger partial charge in [0.2, 0.25) is 11.8 Å². The normalized spacial score (nSPS) is 10.8. The van der Waals surface area contributed by atoms with Crippen LogP contribution in [-0.4, -0.2) is 32.7 Å². The maximum Gasteiger partial charge on any atom is 0.234 e. The van der Waals surface area contributed by atoms with Crippen molar-refractivity contribution in [3.05, 3.63) is 53.3 Å². The Balaban J connectivity index is 1.36. The highest BCUT2D eigenvalue weighted by atomic mass is 32.2. The lowest BCUT2D eigenvalue weighted by Crippen LogP contribution is -2.25. The summed E-state index contributed by atoms with van der Waals surface area (Å²) in [7, 11) is 0. The summed E-state index contributed by atoms with van der Waals surface area (Å²) in [5.41, 5.74) is 2.68. The van der Waals surface area contributed by atoms with Crippen molar-refractivity contribution in [2.24, 2.45) is 0 Å². The van der Waals surface area contributed by atoms with Crippen LogP contribution < -0.4 is 10.6 Å². The van der Waals surface area contributed by atoms with Crippen LogP contribution in [0.2, 0.25) is 0 Å². The number of carbonyl (C=O) groups is 2. The number of thioether (sulfide) groups is 1. The van der Waals surface area contributed by atoms with Gasteiger partial charge in [0.1, 0.15) is 0 Å². The zero-order valence-corrected chi connectivity index (χ0v) is 15.3. The Hall–Kier alpha value is -2.32. The lowest BCUT2D eigenvalue weighted by Gasteiger charge is -2.06. The van der Waals surface area contributed by atoms with E-state index in [2.05, 4.69) is 15.6 Å². The Bertz CT molecular complexity index is 859. The monoisotopic (exact) mass is 374 g/mol. The molecule has 0 bridgehead atoms. The third-order valence-corrected chi connectivity index (χ3v) is 5.08. The van der Waals surface area contributed by atoms with Crippen molar-refractivity contribution in [2.45, 2.75) is 13.5 Å². The molecule has 0 aliphatic carbocycles. The average molecular weight is 374 g/mol. The van der Waals surface area contributed by atoms with E-state index in [4.69, 9.17) is 0 Å². The standard InChI is InChI=1S/C17H18N4O2S2/c1-12-3-2-4-13(7-12)19-16(23)11-24-10-15(22)18-8-14-9-21-5-6-25-17(21)20-14/h2-7,9H,8,10-11H2,1H3,(H,18,22)(H,19,23). The molecule has 0 saturated heterocycles. The zero-order chi connectivity index (χ0) is 17.6. The topological polar surface area (TPSA) is 75.5 Å². The van der Waals surface area contributed by atoms with Gasteiger partial charge in [-0.3, -0.25) is 14.0 Å². The van der Waals surface area contributed by atoms with Crippen LogP contribution in [0.3, 0.4) is 0 Å². The summed E-state index contributed by atoms with van der Waals surface area (Å²) >= 11 is 2.84. The van der Waals surface area contributed by atoms with Crippen molar-refractivity contribution >= 4 is 45.6 Å². The minimum Gasteiger partial charge on any atom is -0.350 e. The third-order valence-electron chi connectivity index (χ3n) is 3.38. The van der Waals surface area contributed by atoms with Gasteiger partial charge in [-0.2, -0.15) is 0 Å². The van der Waals surface area contributed by atoms with Gasteiger partial charge in [0.15, 0.2) is 4.96 Å². The van der Waals surface area contributed by atoms with E-state index in [9.17, 15) is 9.59 Å². The number of amides is 2. The third kappa shape index (κ3) is 5.07. The summed E-state index contributed by atoms with van der Waals surface area (Å²) in [5, 5.41) is 7.60. The summed E-state index contributed by atoms with van der Waals surface area (Å²) in [6, 6.07) is 7.62. The molecule has 2 amide bonds. The molecular weight excluding hydrogens is 356 g/mol. The molecule has 8 heteroatoms. The molecule has 0 aliphatic heterocycles. The largest absolute Gasteiger partial charge is 0.350 e. The van der Waals surface area contributed by atoms with Crippen LogP contribution >= 0.6 is 23.1 Å². The Kier molecular flexibility index (Phi) is 5.72. The van der Waals surface area contributed by atoms with Crippen molar-refractivity contribution in [3.8, 4) is 0 Å². The summed E-state index contributed by atoms with van der Waals surface area (Å²) < 4.78 is 1.93. The van der Waals surface area contributed by atoms with E-state index >= 15 is 0 Å². The second kappa shape index (κ2) is 8.17. The van der Waals surface area contributed by atoms with E-state index in [1.807, 2.05) is 53.4 Å². The quantitative estimate of drug-likeness (QED) is 0.667. The van der Waals surface area contributed by atoms with Crippen LogP contribution in [0.4, 0.5) is 5.69 Å². The minimum atomic E-state index is -0.113. The SMILES string of the molecule is Cc1cccc(NC(=O)CSCC(=O)NCc2cn3ccsc3n2)c1. The molecule has 0 radical (unpaired) electrons. The van der Waals surface area contributed by atoms with Gasteiger partial charge in [0.25, 0.3) is 0 Å². The summed E-state index contributed by atoms with van der Waals surface area (Å²) in [6.45, 7) is 2.36. The van der Waals surface area contributed by atoms with Crippen LogP contribution in [0.5, 0.6) is 0 Å². The van der Waals surface area contributed by atoms with Crippen LogP contribution in [0.25, 0.3) is 4.96 Å². The number of anilines is 1. The fourth-order valence-electron chi connectivity index (χ4n) is 2.26. The van der Waals surface area contributed by atoms with Gasteiger partial charge in [-0.15, -0.1) is 23.1 Å². The number of benzene rings is 1. The van der Waals surface area contributed by atoms with Gasteiger partial charge in [-0.05, 0) is 24.6 Å². The van der Waals surface area contributed by atoms with Crippen molar-refractivity contribution < 1.29 is 9.59 Å². The molecule has 2 aromatic heterocycles. The first-order chi connectivity index (χ1) is 12.1. The highest BCUT2D eigenvalue weighted by Gasteiger charge is 2.08. The van der Waals surface area contributed by atoms with Crippen LogP contribution in [0.1, 0.15) is 11.3 Å². The van der Waals surface area contributed by atoms with Crippen LogP contribution in [0, 0.1) is 6.92 Å². The number of nitrogens with zero attached hydrogens (tertiary/aromatic N) is 2. The van der Waals surface area contributed by atoms with Gasteiger partial charge in [0.05, 0.1) is 23.7 Å². The first kappa shape index (κ1) is 17.5. The number of hydrogen-bond donors (Lipinski definition) is 2. The van der Waals surface area contributed by atoms with E-state index in [1.54, 1.807) is 11.3 Å². The van der Waals surface area contributed by atoms with Crippen LogP contribution in [-0.2, 0) is 16.1 Å². The molecule has 0 fully saturated rings. The van der Waals surface area contributed by atoms with Crippen LogP contribution in [0.15, 0.2) is 42.0 Å². The molecule has 0 unspecified atom stereocenters. The zero-order valence-electron chi connectivity index (χ0n) is 13.7. The molecule has 1 aromatic carbocycles. The summed E-state index contributed by atoms with van der Waals surface area (Å²) in [5.74, 6) is 0.257. The van der Waals surface area contributed by atoms with Crippen molar-refractivity contribution in [2.75, 3.05) is 16.8 Å². The number of thiazole rings is 1. The predicted octanol–water partition coefficient (Wildman–Crippen LogP) is 2.69. The van der Waals surface area contributed by atoms with Gasteiger partial charge in [-0.25, -0.2) is 4.98 Å². The number of nitrogens with one attached hydrogen (secondary N) is 2. The number of hydrogen-bond acceptors (Lipinski definition) is 5. The van der Waals surface area contributed by atoms with E-state index in [1.165, 1.54) is 11.8 Å². The van der Waals surface area contributed by atoms with E-state index in [0.717, 1.165) is 21.9 Å². The minimum absolute atomic E-state index is 0.107. The lowest BCUT2D eigenvalue weighted by atomic mass is 10.2. The molecule has 0 atom stereocenters. The molecule has 3 aromatic rings. The fourth-order valence-corrected chi connectivity index (χ4v) is 3.62. The smallest absolute Gasteiger partial charge is 0.234 e.